The van der Waals surface area contributed by atoms with Crippen molar-refractivity contribution in [3.63, 3.8) is 0 Å². The fourth-order valence-electron chi connectivity index (χ4n) is 2.49. The summed E-state index contributed by atoms with van der Waals surface area (Å²) in [5.74, 6) is 0.700. The van der Waals surface area contributed by atoms with Crippen LogP contribution in [0.2, 0.25) is 0 Å². The summed E-state index contributed by atoms with van der Waals surface area (Å²) in [5.41, 5.74) is 5.14. The fourth-order valence-corrected chi connectivity index (χ4v) is 3.19. The average molecular weight is 375 g/mol. The van der Waals surface area contributed by atoms with Crippen molar-refractivity contribution in [2.24, 2.45) is 4.99 Å². The van der Waals surface area contributed by atoms with Gasteiger partial charge in [-0.3, -0.25) is 0 Å². The molecule has 1 aromatic heterocycles. The molecule has 0 aliphatic rings. The van der Waals surface area contributed by atoms with Gasteiger partial charge < -0.3 is 15.7 Å². The van der Waals surface area contributed by atoms with Gasteiger partial charge in [0, 0.05) is 18.0 Å². The summed E-state index contributed by atoms with van der Waals surface area (Å²) < 4.78 is 0. The number of aliphatic imine (C=N–C) groups is 1. The van der Waals surface area contributed by atoms with Crippen LogP contribution in [0.25, 0.3) is 0 Å². The number of thiazole rings is 1. The van der Waals surface area contributed by atoms with Gasteiger partial charge in [0.15, 0.2) is 5.96 Å². The highest BCUT2D eigenvalue weighted by Gasteiger charge is 2.15. The Kier molecular flexibility index (Phi) is 7.17. The molecule has 0 spiro atoms. The maximum absolute atomic E-state index is 10.5. The van der Waals surface area contributed by atoms with E-state index in [1.54, 1.807) is 11.3 Å². The number of guanidine groups is 1. The van der Waals surface area contributed by atoms with Crippen LogP contribution < -0.4 is 10.6 Å². The van der Waals surface area contributed by atoms with Crippen LogP contribution in [0.3, 0.4) is 0 Å². The maximum Gasteiger partial charge on any atom is 0.191 e. The second-order valence-electron chi connectivity index (χ2n) is 7.32. The van der Waals surface area contributed by atoms with E-state index in [9.17, 15) is 5.11 Å². The Morgan fingerprint density at radius 3 is 2.46 bits per heavy atom. The third-order valence-electron chi connectivity index (χ3n) is 4.19. The Balaban J connectivity index is 1.96. The number of benzene rings is 1. The summed E-state index contributed by atoms with van der Waals surface area (Å²) in [6, 6.07) is 8.17. The van der Waals surface area contributed by atoms with Gasteiger partial charge in [-0.1, -0.05) is 45.0 Å². The van der Waals surface area contributed by atoms with Crippen LogP contribution in [0.5, 0.6) is 0 Å². The molecule has 1 aromatic carbocycles. The molecule has 1 heterocycles. The minimum Gasteiger partial charge on any atom is -0.387 e. The quantitative estimate of drug-likeness (QED) is 0.534. The normalized spacial score (nSPS) is 13.5. The third-order valence-corrected chi connectivity index (χ3v) is 5.11. The predicted octanol–water partition coefficient (Wildman–Crippen LogP) is 3.54. The van der Waals surface area contributed by atoms with Crippen LogP contribution in [0.15, 0.2) is 34.8 Å². The molecule has 26 heavy (non-hydrogen) atoms. The smallest absolute Gasteiger partial charge is 0.191 e. The molecule has 0 aliphatic carbocycles. The molecule has 142 valence electrons. The second-order valence-corrected chi connectivity index (χ2v) is 8.26. The molecular formula is C20H30N4OS. The molecule has 0 amide bonds. The Hall–Kier alpha value is -1.92. The molecule has 0 aliphatic heterocycles. The Morgan fingerprint density at radius 1 is 1.23 bits per heavy atom. The van der Waals surface area contributed by atoms with Gasteiger partial charge in [0.05, 0.1) is 23.9 Å². The van der Waals surface area contributed by atoms with E-state index >= 15 is 0 Å². The van der Waals surface area contributed by atoms with Gasteiger partial charge in [-0.15, -0.1) is 11.3 Å². The van der Waals surface area contributed by atoms with Crippen LogP contribution in [-0.2, 0) is 12.0 Å². The minimum absolute atomic E-state index is 0.112. The van der Waals surface area contributed by atoms with Gasteiger partial charge in [0.2, 0.25) is 0 Å². The standard InChI is InChI=1S/C20H30N4OS/c1-6-21-19(23-12-18-14(2)24-13-26-18)22-11-17(25)15-7-9-16(10-8-15)20(3,4)5/h7-10,13,17,25H,6,11-12H2,1-5H3,(H2,21,22,23). The van der Waals surface area contributed by atoms with E-state index in [2.05, 4.69) is 53.5 Å². The van der Waals surface area contributed by atoms with Crippen molar-refractivity contribution < 1.29 is 5.11 Å². The highest BCUT2D eigenvalue weighted by Crippen LogP contribution is 2.23. The van der Waals surface area contributed by atoms with Gasteiger partial charge in [-0.25, -0.2) is 9.98 Å². The lowest BCUT2D eigenvalue weighted by Crippen LogP contribution is -2.39. The van der Waals surface area contributed by atoms with Crippen molar-refractivity contribution in [3.8, 4) is 0 Å². The number of aromatic nitrogens is 1. The van der Waals surface area contributed by atoms with Crippen molar-refractivity contribution in [2.45, 2.75) is 52.7 Å². The monoisotopic (exact) mass is 374 g/mol. The third kappa shape index (κ3) is 5.81. The summed E-state index contributed by atoms with van der Waals surface area (Å²) in [4.78, 5) is 9.98. The zero-order valence-electron chi connectivity index (χ0n) is 16.3. The molecule has 0 saturated carbocycles. The molecule has 5 nitrogen and oxygen atoms in total. The SMILES string of the molecule is CCNC(=NCc1scnc1C)NCC(O)c1ccc(C(C)(C)C)cc1. The van der Waals surface area contributed by atoms with E-state index in [4.69, 9.17) is 0 Å². The Labute approximate surface area is 160 Å². The first-order valence-corrected chi connectivity index (χ1v) is 9.89. The van der Waals surface area contributed by atoms with E-state index in [1.165, 1.54) is 5.56 Å². The van der Waals surface area contributed by atoms with Crippen molar-refractivity contribution >= 4 is 17.3 Å². The topological polar surface area (TPSA) is 69.5 Å². The zero-order chi connectivity index (χ0) is 19.2. The first-order valence-electron chi connectivity index (χ1n) is 9.01. The molecule has 1 unspecified atom stereocenters. The number of aliphatic hydroxyl groups is 1. The molecule has 3 N–H and O–H groups in total. The largest absolute Gasteiger partial charge is 0.387 e. The highest BCUT2D eigenvalue weighted by molar-refractivity contribution is 7.09. The number of nitrogens with zero attached hydrogens (tertiary/aromatic N) is 2. The van der Waals surface area contributed by atoms with Crippen molar-refractivity contribution in [1.29, 1.82) is 0 Å². The van der Waals surface area contributed by atoms with Gasteiger partial charge in [-0.05, 0) is 30.4 Å². The number of aliphatic hydroxyl groups excluding tert-OH is 1. The summed E-state index contributed by atoms with van der Waals surface area (Å²) >= 11 is 1.61. The Morgan fingerprint density at radius 2 is 1.92 bits per heavy atom. The molecule has 0 saturated heterocycles. The first kappa shape index (κ1) is 20.4. The van der Waals surface area contributed by atoms with Gasteiger partial charge in [-0.2, -0.15) is 0 Å². The fraction of sp³-hybridized carbons (Fsp3) is 0.500. The van der Waals surface area contributed by atoms with E-state index in [-0.39, 0.29) is 5.41 Å². The molecular weight excluding hydrogens is 344 g/mol. The van der Waals surface area contributed by atoms with E-state index in [1.807, 2.05) is 31.5 Å². The van der Waals surface area contributed by atoms with Crippen LogP contribution in [0, 0.1) is 6.92 Å². The van der Waals surface area contributed by atoms with E-state index < -0.39 is 6.10 Å². The summed E-state index contributed by atoms with van der Waals surface area (Å²) in [5, 5.41) is 16.9. The minimum atomic E-state index is -0.585. The predicted molar refractivity (Wildman–Crippen MR) is 110 cm³/mol. The number of hydrogen-bond acceptors (Lipinski definition) is 4. The molecule has 0 radical (unpaired) electrons. The lowest BCUT2D eigenvalue weighted by Gasteiger charge is -2.20. The van der Waals surface area contributed by atoms with Gasteiger partial charge in [0.1, 0.15) is 0 Å². The van der Waals surface area contributed by atoms with Crippen molar-refractivity contribution in [1.82, 2.24) is 15.6 Å². The highest BCUT2D eigenvalue weighted by atomic mass is 32.1. The molecule has 2 aromatic rings. The second kappa shape index (κ2) is 9.14. The molecule has 0 fully saturated rings. The van der Waals surface area contributed by atoms with E-state index in [0.29, 0.717) is 19.0 Å². The number of nitrogens with one attached hydrogen (secondary N) is 2. The summed E-state index contributed by atoms with van der Waals surface area (Å²) in [7, 11) is 0. The first-order chi connectivity index (χ1) is 12.3. The van der Waals surface area contributed by atoms with Crippen LogP contribution in [-0.4, -0.2) is 29.1 Å². The molecule has 2 rings (SSSR count). The van der Waals surface area contributed by atoms with E-state index in [0.717, 1.165) is 22.7 Å². The number of rotatable bonds is 6. The molecule has 1 atom stereocenters. The number of hydrogen-bond donors (Lipinski definition) is 3. The number of aryl methyl sites for hydroxylation is 1. The van der Waals surface area contributed by atoms with Crippen molar-refractivity contribution in [2.75, 3.05) is 13.1 Å². The molecule has 6 heteroatoms. The average Bonchev–Trinajstić information content (AvgIpc) is 3.01. The van der Waals surface area contributed by atoms with Gasteiger partial charge in [0.25, 0.3) is 0 Å². The lowest BCUT2D eigenvalue weighted by molar-refractivity contribution is 0.181. The summed E-state index contributed by atoms with van der Waals surface area (Å²) in [6.07, 6.45) is -0.585. The zero-order valence-corrected chi connectivity index (χ0v) is 17.2. The Bertz CT molecular complexity index is 716. The summed E-state index contributed by atoms with van der Waals surface area (Å²) in [6.45, 7) is 12.3. The molecule has 0 bridgehead atoms. The van der Waals surface area contributed by atoms with Crippen LogP contribution in [0.4, 0.5) is 0 Å². The van der Waals surface area contributed by atoms with Crippen LogP contribution in [0.1, 0.15) is 55.5 Å². The van der Waals surface area contributed by atoms with Gasteiger partial charge >= 0.3 is 0 Å². The maximum atomic E-state index is 10.5. The van der Waals surface area contributed by atoms with Crippen molar-refractivity contribution in [3.05, 3.63) is 51.5 Å². The lowest BCUT2D eigenvalue weighted by atomic mass is 9.86. The van der Waals surface area contributed by atoms with Crippen LogP contribution >= 0.6 is 11.3 Å².